The van der Waals surface area contributed by atoms with Gasteiger partial charge < -0.3 is 0 Å². The molecule has 1 heterocycles. The van der Waals surface area contributed by atoms with E-state index in [4.69, 9.17) is 0 Å². The summed E-state index contributed by atoms with van der Waals surface area (Å²) >= 11 is 11.9. The largest absolute Gasteiger partial charge is 0.143 e. The monoisotopic (exact) mass is 370 g/mol. The average molecular weight is 371 g/mol. The van der Waals surface area contributed by atoms with Crippen LogP contribution in [0, 0.1) is 3.57 Å². The van der Waals surface area contributed by atoms with Crippen molar-refractivity contribution >= 4 is 72.6 Å². The topological polar surface area (TPSA) is 0 Å². The SMILES string of the molecule is Sc1cc2c(Br)csc2cc1I. The lowest BCUT2D eigenvalue weighted by atomic mass is 10.3. The molecule has 1 aromatic heterocycles. The Kier molecular flexibility index (Phi) is 2.69. The summed E-state index contributed by atoms with van der Waals surface area (Å²) in [5.74, 6) is 0. The maximum absolute atomic E-state index is 4.37. The fourth-order valence-electron chi connectivity index (χ4n) is 1.01. The number of thiophene rings is 1. The minimum Gasteiger partial charge on any atom is -0.143 e. The molecule has 0 amide bonds. The van der Waals surface area contributed by atoms with Gasteiger partial charge in [0.2, 0.25) is 0 Å². The van der Waals surface area contributed by atoms with Crippen LogP contribution < -0.4 is 0 Å². The van der Waals surface area contributed by atoms with Gasteiger partial charge in [0.05, 0.1) is 0 Å². The van der Waals surface area contributed by atoms with E-state index in [9.17, 15) is 0 Å². The van der Waals surface area contributed by atoms with E-state index in [2.05, 4.69) is 68.7 Å². The van der Waals surface area contributed by atoms with Crippen LogP contribution in [0.5, 0.6) is 0 Å². The van der Waals surface area contributed by atoms with Gasteiger partial charge in [-0.3, -0.25) is 0 Å². The summed E-state index contributed by atoms with van der Waals surface area (Å²) in [7, 11) is 0. The van der Waals surface area contributed by atoms with Crippen molar-refractivity contribution in [1.82, 2.24) is 0 Å². The number of hydrogen-bond acceptors (Lipinski definition) is 2. The molecule has 0 bridgehead atoms. The summed E-state index contributed by atoms with van der Waals surface area (Å²) in [6.07, 6.45) is 0. The molecular formula is C8H4BrIS2. The standard InChI is InChI=1S/C8H4BrIS2/c9-5-3-12-8-2-6(10)7(11)1-4(5)8/h1-3,11H. The van der Waals surface area contributed by atoms with Crippen LogP contribution in [0.15, 0.2) is 26.9 Å². The molecular weight excluding hydrogens is 367 g/mol. The molecule has 0 fully saturated rings. The van der Waals surface area contributed by atoms with E-state index in [1.807, 2.05) is 0 Å². The first-order valence-corrected chi connectivity index (χ1v) is 6.43. The first-order valence-electron chi connectivity index (χ1n) is 3.23. The van der Waals surface area contributed by atoms with E-state index in [-0.39, 0.29) is 0 Å². The Bertz CT molecular complexity index is 436. The lowest BCUT2D eigenvalue weighted by molar-refractivity contribution is 1.47. The Hall–Kier alpha value is 0.740. The molecule has 0 aliphatic heterocycles. The molecule has 0 saturated carbocycles. The van der Waals surface area contributed by atoms with Crippen LogP contribution >= 0.6 is 62.5 Å². The van der Waals surface area contributed by atoms with Gasteiger partial charge in [0.25, 0.3) is 0 Å². The Morgan fingerprint density at radius 1 is 1.42 bits per heavy atom. The van der Waals surface area contributed by atoms with Crippen LogP contribution in [0.25, 0.3) is 10.1 Å². The molecule has 0 unspecified atom stereocenters. The zero-order valence-corrected chi connectivity index (χ0v) is 11.3. The van der Waals surface area contributed by atoms with Gasteiger partial charge in [-0.1, -0.05) is 0 Å². The van der Waals surface area contributed by atoms with E-state index in [1.54, 1.807) is 11.3 Å². The third-order valence-corrected chi connectivity index (χ3v) is 5.19. The van der Waals surface area contributed by atoms with Gasteiger partial charge in [0.15, 0.2) is 0 Å². The molecule has 0 N–H and O–H groups in total. The molecule has 2 aromatic rings. The molecule has 0 nitrogen and oxygen atoms in total. The van der Waals surface area contributed by atoms with Crippen molar-refractivity contribution in [3.63, 3.8) is 0 Å². The summed E-state index contributed by atoms with van der Waals surface area (Å²) in [5.41, 5.74) is 0. The van der Waals surface area contributed by atoms with E-state index >= 15 is 0 Å². The number of thiol groups is 1. The first kappa shape index (κ1) is 9.30. The molecule has 4 heteroatoms. The number of fused-ring (bicyclic) bond motifs is 1. The van der Waals surface area contributed by atoms with Crippen molar-refractivity contribution < 1.29 is 0 Å². The van der Waals surface area contributed by atoms with Crippen molar-refractivity contribution in [2.45, 2.75) is 4.90 Å². The second-order valence-electron chi connectivity index (χ2n) is 2.38. The maximum atomic E-state index is 4.37. The van der Waals surface area contributed by atoms with Gasteiger partial charge in [0, 0.05) is 28.4 Å². The molecule has 1 aromatic carbocycles. The quantitative estimate of drug-likeness (QED) is 0.510. The smallest absolute Gasteiger partial charge is 0.0365 e. The molecule has 0 aliphatic carbocycles. The van der Waals surface area contributed by atoms with Crippen LogP contribution in [0.1, 0.15) is 0 Å². The Morgan fingerprint density at radius 2 is 2.17 bits per heavy atom. The molecule has 0 saturated heterocycles. The lowest BCUT2D eigenvalue weighted by Gasteiger charge is -1.96. The number of halogens is 2. The second kappa shape index (κ2) is 3.48. The second-order valence-corrected chi connectivity index (χ2v) is 5.79. The molecule has 0 spiro atoms. The lowest BCUT2D eigenvalue weighted by Crippen LogP contribution is -1.73. The summed E-state index contributed by atoms with van der Waals surface area (Å²) in [6, 6.07) is 4.26. The van der Waals surface area contributed by atoms with Gasteiger partial charge in [-0.05, 0) is 50.7 Å². The normalized spacial score (nSPS) is 10.9. The van der Waals surface area contributed by atoms with Crippen LogP contribution in [0.2, 0.25) is 0 Å². The predicted molar refractivity (Wildman–Crippen MR) is 69.5 cm³/mol. The minimum absolute atomic E-state index is 1.04. The van der Waals surface area contributed by atoms with Gasteiger partial charge in [-0.15, -0.1) is 24.0 Å². The summed E-state index contributed by atoms with van der Waals surface area (Å²) < 4.78 is 3.68. The van der Waals surface area contributed by atoms with E-state index in [1.165, 1.54) is 13.7 Å². The van der Waals surface area contributed by atoms with Crippen molar-refractivity contribution in [2.24, 2.45) is 0 Å². The van der Waals surface area contributed by atoms with Gasteiger partial charge in [-0.2, -0.15) is 0 Å². The summed E-state index contributed by atoms with van der Waals surface area (Å²) in [5, 5.41) is 3.36. The zero-order chi connectivity index (χ0) is 8.72. The third-order valence-electron chi connectivity index (χ3n) is 1.60. The highest BCUT2D eigenvalue weighted by molar-refractivity contribution is 14.1. The Morgan fingerprint density at radius 3 is 2.92 bits per heavy atom. The number of benzene rings is 1. The third kappa shape index (κ3) is 1.54. The first-order chi connectivity index (χ1) is 5.68. The highest BCUT2D eigenvalue weighted by Crippen LogP contribution is 2.33. The Labute approximate surface area is 102 Å². The van der Waals surface area contributed by atoms with Crippen molar-refractivity contribution in [3.05, 3.63) is 25.6 Å². The Balaban J connectivity index is 2.87. The minimum atomic E-state index is 1.04. The molecule has 0 radical (unpaired) electrons. The van der Waals surface area contributed by atoms with Crippen LogP contribution in [-0.2, 0) is 0 Å². The molecule has 0 atom stereocenters. The van der Waals surface area contributed by atoms with E-state index in [0.717, 1.165) is 9.37 Å². The van der Waals surface area contributed by atoms with Crippen molar-refractivity contribution in [1.29, 1.82) is 0 Å². The van der Waals surface area contributed by atoms with Gasteiger partial charge in [0.1, 0.15) is 0 Å². The molecule has 0 aliphatic rings. The predicted octanol–water partition coefficient (Wildman–Crippen LogP) is 4.56. The fourth-order valence-corrected chi connectivity index (χ4v) is 3.46. The van der Waals surface area contributed by atoms with Gasteiger partial charge in [-0.25, -0.2) is 0 Å². The number of rotatable bonds is 0. The van der Waals surface area contributed by atoms with E-state index < -0.39 is 0 Å². The zero-order valence-electron chi connectivity index (χ0n) is 5.84. The van der Waals surface area contributed by atoms with Crippen molar-refractivity contribution in [2.75, 3.05) is 0 Å². The number of hydrogen-bond donors (Lipinski definition) is 1. The average Bonchev–Trinajstić information content (AvgIpc) is 2.35. The summed E-state index contributed by atoms with van der Waals surface area (Å²) in [4.78, 5) is 1.04. The van der Waals surface area contributed by atoms with Crippen molar-refractivity contribution in [3.8, 4) is 0 Å². The maximum Gasteiger partial charge on any atom is 0.0365 e. The fraction of sp³-hybridized carbons (Fsp3) is 0. The summed E-state index contributed by atoms with van der Waals surface area (Å²) in [6.45, 7) is 0. The van der Waals surface area contributed by atoms with Crippen LogP contribution in [-0.4, -0.2) is 0 Å². The molecule has 12 heavy (non-hydrogen) atoms. The molecule has 62 valence electrons. The highest BCUT2D eigenvalue weighted by atomic mass is 127. The highest BCUT2D eigenvalue weighted by Gasteiger charge is 2.03. The van der Waals surface area contributed by atoms with Crippen LogP contribution in [0.3, 0.4) is 0 Å². The van der Waals surface area contributed by atoms with E-state index in [0.29, 0.717) is 0 Å². The molecule has 2 rings (SSSR count). The van der Waals surface area contributed by atoms with Gasteiger partial charge >= 0.3 is 0 Å². The van der Waals surface area contributed by atoms with Crippen LogP contribution in [0.4, 0.5) is 0 Å².